The van der Waals surface area contributed by atoms with Crippen LogP contribution in [0.15, 0.2) is 132 Å². The van der Waals surface area contributed by atoms with Gasteiger partial charge in [-0.05, 0) is 64.6 Å². The van der Waals surface area contributed by atoms with Crippen LogP contribution in [-0.4, -0.2) is 33.1 Å². The maximum absolute atomic E-state index is 13.3. The summed E-state index contributed by atoms with van der Waals surface area (Å²) in [6.45, 7) is 1.99. The van der Waals surface area contributed by atoms with E-state index in [1.54, 1.807) is 24.3 Å². The molecule has 9 heteroatoms. The minimum absolute atomic E-state index is 0.0339. The van der Waals surface area contributed by atoms with Crippen molar-refractivity contribution in [3.05, 3.63) is 155 Å². The lowest BCUT2D eigenvalue weighted by molar-refractivity contribution is -0.147. The topological polar surface area (TPSA) is 108 Å². The Hall–Kier alpha value is -5.41. The van der Waals surface area contributed by atoms with Crippen LogP contribution in [-0.2, 0) is 37.4 Å². The van der Waals surface area contributed by atoms with E-state index in [1.807, 2.05) is 73.7 Å². The molecule has 1 aliphatic rings. The van der Waals surface area contributed by atoms with E-state index in [-0.39, 0.29) is 36.2 Å². The van der Waals surface area contributed by atoms with Crippen molar-refractivity contribution in [1.29, 1.82) is 0 Å². The molecule has 0 heterocycles. The maximum Gasteiger partial charge on any atom is 0.407 e. The molecule has 0 aromatic heterocycles. The standard InChI is InChI=1S/C38H33NO7S/c1-26-15-21-30(22-16-26)47(42,43)46-29-19-17-27(18-20-29)23-36(37(40)44-24-28-9-3-2-4-10-28)39-38(41)45-25-35-33-13-7-5-11-31(33)32-12-6-8-14-34(32)35/h2-22,35-36H,23-25H2,1H3,(H,39,41)/t36-/m0/s1. The highest BCUT2D eigenvalue weighted by Crippen LogP contribution is 2.44. The molecule has 0 aliphatic heterocycles. The predicted octanol–water partition coefficient (Wildman–Crippen LogP) is 6.96. The Morgan fingerprint density at radius 3 is 1.94 bits per heavy atom. The third-order valence-corrected chi connectivity index (χ3v) is 9.28. The summed E-state index contributed by atoms with van der Waals surface area (Å²) in [6.07, 6.45) is -0.680. The summed E-state index contributed by atoms with van der Waals surface area (Å²) in [5.74, 6) is -0.660. The average Bonchev–Trinajstić information content (AvgIpc) is 3.41. The number of aryl methyl sites for hydroxylation is 1. The van der Waals surface area contributed by atoms with Crippen molar-refractivity contribution in [2.24, 2.45) is 0 Å². The van der Waals surface area contributed by atoms with E-state index in [1.165, 1.54) is 24.3 Å². The molecule has 6 rings (SSSR count). The molecule has 1 atom stereocenters. The fraction of sp³-hybridized carbons (Fsp3) is 0.158. The van der Waals surface area contributed by atoms with Gasteiger partial charge in [0.25, 0.3) is 0 Å². The smallest absolute Gasteiger partial charge is 0.407 e. The van der Waals surface area contributed by atoms with E-state index in [4.69, 9.17) is 13.7 Å². The molecule has 8 nitrogen and oxygen atoms in total. The van der Waals surface area contributed by atoms with Gasteiger partial charge in [-0.25, -0.2) is 9.59 Å². The van der Waals surface area contributed by atoms with Gasteiger partial charge >= 0.3 is 22.2 Å². The van der Waals surface area contributed by atoms with Crippen molar-refractivity contribution in [3.63, 3.8) is 0 Å². The molecule has 47 heavy (non-hydrogen) atoms. The van der Waals surface area contributed by atoms with Crippen LogP contribution >= 0.6 is 0 Å². The van der Waals surface area contributed by atoms with Crippen LogP contribution in [0.5, 0.6) is 5.75 Å². The Bertz CT molecular complexity index is 1930. The molecule has 0 bridgehead atoms. The van der Waals surface area contributed by atoms with E-state index >= 15 is 0 Å². The molecule has 5 aromatic carbocycles. The van der Waals surface area contributed by atoms with Gasteiger partial charge in [-0.15, -0.1) is 0 Å². The number of hydrogen-bond donors (Lipinski definition) is 1. The van der Waals surface area contributed by atoms with Crippen LogP contribution in [0.3, 0.4) is 0 Å². The van der Waals surface area contributed by atoms with E-state index < -0.39 is 28.2 Å². The van der Waals surface area contributed by atoms with Gasteiger partial charge in [-0.1, -0.05) is 109 Å². The van der Waals surface area contributed by atoms with Crippen molar-refractivity contribution in [2.45, 2.75) is 36.8 Å². The third-order valence-electron chi connectivity index (χ3n) is 8.02. The van der Waals surface area contributed by atoms with E-state index in [9.17, 15) is 18.0 Å². The highest BCUT2D eigenvalue weighted by atomic mass is 32.2. The second kappa shape index (κ2) is 13.9. The number of hydrogen-bond acceptors (Lipinski definition) is 7. The van der Waals surface area contributed by atoms with Gasteiger partial charge in [0.2, 0.25) is 0 Å². The summed E-state index contributed by atoms with van der Waals surface area (Å²) in [5.41, 5.74) is 6.75. The summed E-state index contributed by atoms with van der Waals surface area (Å²) in [6, 6.07) is 36.9. The summed E-state index contributed by atoms with van der Waals surface area (Å²) in [5, 5.41) is 2.69. The number of fused-ring (bicyclic) bond motifs is 3. The van der Waals surface area contributed by atoms with Gasteiger partial charge < -0.3 is 19.0 Å². The molecule has 238 valence electrons. The molecule has 0 fully saturated rings. The zero-order valence-electron chi connectivity index (χ0n) is 25.7. The van der Waals surface area contributed by atoms with Gasteiger partial charge in [0.1, 0.15) is 29.9 Å². The van der Waals surface area contributed by atoms with Crippen LogP contribution in [0, 0.1) is 6.92 Å². The molecule has 0 unspecified atom stereocenters. The van der Waals surface area contributed by atoms with Gasteiger partial charge in [0.15, 0.2) is 0 Å². The zero-order valence-corrected chi connectivity index (χ0v) is 26.5. The molecule has 1 amide bonds. The minimum atomic E-state index is -4.03. The molecule has 5 aromatic rings. The second-order valence-corrected chi connectivity index (χ2v) is 12.9. The molecule has 1 N–H and O–H groups in total. The molecule has 1 aliphatic carbocycles. The average molecular weight is 648 g/mol. The predicted molar refractivity (Wildman–Crippen MR) is 177 cm³/mol. The van der Waals surface area contributed by atoms with E-state index in [0.29, 0.717) is 5.56 Å². The largest absolute Gasteiger partial charge is 0.459 e. The Morgan fingerprint density at radius 1 is 0.702 bits per heavy atom. The number of rotatable bonds is 11. The Kier molecular flexibility index (Phi) is 9.35. The number of nitrogens with one attached hydrogen (secondary N) is 1. The number of ether oxygens (including phenoxy) is 2. The van der Waals surface area contributed by atoms with Crippen molar-refractivity contribution in [2.75, 3.05) is 6.61 Å². The first-order chi connectivity index (χ1) is 22.8. The van der Waals surface area contributed by atoms with Crippen LogP contribution < -0.4 is 9.50 Å². The number of carbonyl (C=O) groups is 2. The molecule has 0 saturated heterocycles. The minimum Gasteiger partial charge on any atom is -0.459 e. The van der Waals surface area contributed by atoms with Crippen LogP contribution in [0.25, 0.3) is 11.1 Å². The Morgan fingerprint density at radius 2 is 1.30 bits per heavy atom. The first-order valence-corrected chi connectivity index (χ1v) is 16.6. The van der Waals surface area contributed by atoms with Gasteiger partial charge in [-0.2, -0.15) is 8.42 Å². The molecular weight excluding hydrogens is 614 g/mol. The fourth-order valence-electron chi connectivity index (χ4n) is 5.60. The first-order valence-electron chi connectivity index (χ1n) is 15.2. The van der Waals surface area contributed by atoms with Gasteiger partial charge in [-0.3, -0.25) is 0 Å². The van der Waals surface area contributed by atoms with E-state index in [0.717, 1.165) is 33.4 Å². The lowest BCUT2D eigenvalue weighted by Gasteiger charge is -2.19. The summed E-state index contributed by atoms with van der Waals surface area (Å²) in [4.78, 5) is 26.5. The number of alkyl carbamates (subject to hydrolysis) is 1. The second-order valence-electron chi connectivity index (χ2n) is 11.3. The quantitative estimate of drug-likeness (QED) is 0.122. The zero-order chi connectivity index (χ0) is 32.8. The van der Waals surface area contributed by atoms with E-state index in [2.05, 4.69) is 17.4 Å². The monoisotopic (exact) mass is 647 g/mol. The lowest BCUT2D eigenvalue weighted by Crippen LogP contribution is -2.43. The third kappa shape index (κ3) is 7.53. The molecule has 0 spiro atoms. The summed E-state index contributed by atoms with van der Waals surface area (Å²) < 4.78 is 42.0. The number of amides is 1. The lowest BCUT2D eigenvalue weighted by atomic mass is 9.98. The van der Waals surface area contributed by atoms with Crippen LogP contribution in [0.1, 0.15) is 33.7 Å². The molecular formula is C38H33NO7S. The van der Waals surface area contributed by atoms with Crippen molar-refractivity contribution in [3.8, 4) is 16.9 Å². The normalized spacial score (nSPS) is 12.8. The summed E-state index contributed by atoms with van der Waals surface area (Å²) >= 11 is 0. The highest BCUT2D eigenvalue weighted by molar-refractivity contribution is 7.87. The number of esters is 1. The highest BCUT2D eigenvalue weighted by Gasteiger charge is 2.30. The molecule has 0 saturated carbocycles. The SMILES string of the molecule is Cc1ccc(S(=O)(=O)Oc2ccc(C[C@H](NC(=O)OCC3c4ccccc4-c4ccccc43)C(=O)OCc3ccccc3)cc2)cc1. The van der Waals surface area contributed by atoms with Crippen LogP contribution in [0.2, 0.25) is 0 Å². The first kappa shape index (κ1) is 31.6. The van der Waals surface area contributed by atoms with Crippen molar-refractivity contribution in [1.82, 2.24) is 5.32 Å². The summed E-state index contributed by atoms with van der Waals surface area (Å²) in [7, 11) is -4.03. The number of carbonyl (C=O) groups excluding carboxylic acids is 2. The Labute approximate surface area is 274 Å². The van der Waals surface area contributed by atoms with Crippen LogP contribution in [0.4, 0.5) is 4.79 Å². The van der Waals surface area contributed by atoms with Crippen molar-refractivity contribution >= 4 is 22.2 Å². The van der Waals surface area contributed by atoms with Gasteiger partial charge in [0.05, 0.1) is 0 Å². The van der Waals surface area contributed by atoms with Crippen molar-refractivity contribution < 1.29 is 31.7 Å². The maximum atomic E-state index is 13.3. The number of benzene rings is 5. The van der Waals surface area contributed by atoms with Gasteiger partial charge in [0, 0.05) is 12.3 Å². The fourth-order valence-corrected chi connectivity index (χ4v) is 6.53. The Balaban J connectivity index is 1.14. The molecule has 0 radical (unpaired) electrons.